The van der Waals surface area contributed by atoms with Gasteiger partial charge in [-0.15, -0.1) is 18.2 Å². The first kappa shape index (κ1) is 43.5. The van der Waals surface area contributed by atoms with Crippen LogP contribution in [0.15, 0.2) is 60.8 Å². The predicted octanol–water partition coefficient (Wildman–Crippen LogP) is 8.25. The van der Waals surface area contributed by atoms with Crippen LogP contribution in [0, 0.1) is 18.8 Å². The van der Waals surface area contributed by atoms with E-state index in [1.54, 1.807) is 13.0 Å². The van der Waals surface area contributed by atoms with Crippen LogP contribution in [0.5, 0.6) is 0 Å². The molecule has 0 aliphatic rings. The number of benzene rings is 2. The van der Waals surface area contributed by atoms with Crippen LogP contribution in [-0.4, -0.2) is 63.4 Å². The molecule has 1 radical (unpaired) electrons. The smallest absolute Gasteiger partial charge is 0.371 e. The maximum atomic E-state index is 13.5. The van der Waals surface area contributed by atoms with E-state index in [9.17, 15) is 80.5 Å². The van der Waals surface area contributed by atoms with Gasteiger partial charge < -0.3 is 15.2 Å². The fraction of sp³-hybridized carbons (Fsp3) is 0.370. The molecule has 21 heteroatoms. The number of halogens is 16. The van der Waals surface area contributed by atoms with Gasteiger partial charge in [0.1, 0.15) is 12.3 Å². The summed E-state index contributed by atoms with van der Waals surface area (Å²) in [6.45, 7) is 1.75. The van der Waals surface area contributed by atoms with Crippen LogP contribution >= 0.6 is 7.92 Å². The van der Waals surface area contributed by atoms with E-state index in [-0.39, 0.29) is 31.4 Å². The molecule has 2 aromatic carbocycles. The topological polar surface area (TPSA) is 53.4 Å². The van der Waals surface area contributed by atoms with Gasteiger partial charge in [0.05, 0.1) is 5.30 Å². The first-order chi connectivity index (χ1) is 21.0. The molecule has 3 rings (SSSR count). The number of aliphatic hydroxyl groups is 2. The van der Waals surface area contributed by atoms with Crippen molar-refractivity contribution < 1.29 is 101 Å². The van der Waals surface area contributed by atoms with Crippen LogP contribution in [0.1, 0.15) is 11.1 Å². The summed E-state index contributed by atoms with van der Waals surface area (Å²) in [5, 5.41) is 17.8. The van der Waals surface area contributed by atoms with Crippen LogP contribution in [0.2, 0.25) is 0 Å². The Morgan fingerprint density at radius 1 is 0.667 bits per heavy atom. The zero-order chi connectivity index (χ0) is 36.4. The van der Waals surface area contributed by atoms with Gasteiger partial charge in [-0.1, -0.05) is 35.4 Å². The Hall–Kier alpha value is -2.53. The molecule has 0 unspecified atom stereocenters. The molecule has 48 heavy (non-hydrogen) atoms. The van der Waals surface area contributed by atoms with Crippen molar-refractivity contribution in [3.63, 3.8) is 0 Å². The maximum absolute atomic E-state index is 13.5. The molecule has 0 bridgehead atoms. The van der Waals surface area contributed by atoms with Crippen LogP contribution < -0.4 is 5.30 Å². The molecule has 0 fully saturated rings. The molecule has 0 atom stereocenters. The van der Waals surface area contributed by atoms with Crippen molar-refractivity contribution in [3.05, 3.63) is 83.8 Å². The Balaban J connectivity index is 0.000000518. The number of aromatic nitrogens is 1. The molecule has 0 spiro atoms. The summed E-state index contributed by atoms with van der Waals surface area (Å²) >= 11 is 0. The summed E-state index contributed by atoms with van der Waals surface area (Å²) in [6, 6.07) is 11.2. The quantitative estimate of drug-likeness (QED) is 0.149. The minimum absolute atomic E-state index is 0. The summed E-state index contributed by atoms with van der Waals surface area (Å²) in [7, 11) is -4.15. The summed E-state index contributed by atoms with van der Waals surface area (Å²) in [4.78, 5) is 3.86. The monoisotopic (exact) mass is 918 g/mol. The largest absolute Gasteiger partial charge is 0.429 e. The fourth-order valence-corrected chi connectivity index (χ4v) is 7.02. The van der Waals surface area contributed by atoms with E-state index in [4.69, 9.17) is 0 Å². The fourth-order valence-electron chi connectivity index (χ4n) is 3.78. The molecular weight excluding hydrogens is 897 g/mol. The van der Waals surface area contributed by atoms with Gasteiger partial charge in [0.15, 0.2) is 0 Å². The standard InChI is InChI=1S/C14H11F12O2P.C13H8F4N.Ir/c15-11(16,17)9(27,12(18,19)20)6-29(8-4-2-1-3-5-8)7-10(28,13(21,22)23)14(24,25)26;1-8-4-5-18-12(6-8)10-7-9(13(15,16)17)2-3-11(10)14;/h1-5,27-28H,6-7H2;2-6H,1H3;/q;-1;/p+1. The summed E-state index contributed by atoms with van der Waals surface area (Å²) < 4.78 is 206. The first-order valence-corrected chi connectivity index (χ1v) is 14.3. The summed E-state index contributed by atoms with van der Waals surface area (Å²) in [5.74, 6) is -0.777. The van der Waals surface area contributed by atoms with Gasteiger partial charge in [-0.2, -0.15) is 65.9 Å². The average molecular weight is 918 g/mol. The third-order valence-electron chi connectivity index (χ3n) is 6.37. The Bertz CT molecular complexity index is 1420. The van der Waals surface area contributed by atoms with Crippen molar-refractivity contribution in [2.75, 3.05) is 12.3 Å². The van der Waals surface area contributed by atoms with Gasteiger partial charge in [0.2, 0.25) is 0 Å². The van der Waals surface area contributed by atoms with Crippen molar-refractivity contribution in [3.8, 4) is 11.3 Å². The van der Waals surface area contributed by atoms with Crippen molar-refractivity contribution in [1.82, 2.24) is 4.98 Å². The minimum atomic E-state index is -6.45. The third-order valence-corrected chi connectivity index (χ3v) is 9.39. The zero-order valence-corrected chi connectivity index (χ0v) is 26.8. The zero-order valence-electron chi connectivity index (χ0n) is 23.4. The number of hydrogen-bond acceptors (Lipinski definition) is 3. The minimum Gasteiger partial charge on any atom is -0.371 e. The average Bonchev–Trinajstić information content (AvgIpc) is 2.90. The Labute approximate surface area is 275 Å². The molecule has 271 valence electrons. The van der Waals surface area contributed by atoms with Gasteiger partial charge in [0, 0.05) is 40.0 Å². The van der Waals surface area contributed by atoms with Gasteiger partial charge in [-0.3, -0.25) is 4.39 Å². The molecule has 0 amide bonds. The Morgan fingerprint density at radius 2 is 1.10 bits per heavy atom. The molecule has 2 N–H and O–H groups in total. The molecule has 1 heterocycles. The Kier molecular flexibility index (Phi) is 13.7. The SMILES string of the molecule is Cc1ccnc(-c2[c-]c(C(F)(F)F)ccc2F)c1.OC(C[PH+](CC(O)(C(F)(F)F)C(F)(F)F)c1ccccc1)(C(F)(F)F)C(F)(F)F.[Ir]. The summed E-state index contributed by atoms with van der Waals surface area (Å²) in [6.07, 6.45) is -34.0. The van der Waals surface area contributed by atoms with E-state index in [1.165, 1.54) is 12.3 Å². The second-order valence-electron chi connectivity index (χ2n) is 9.85. The van der Waals surface area contributed by atoms with Crippen molar-refractivity contribution in [2.24, 2.45) is 0 Å². The normalized spacial score (nSPS) is 13.5. The van der Waals surface area contributed by atoms with Gasteiger partial charge >= 0.3 is 30.9 Å². The maximum Gasteiger partial charge on any atom is 0.429 e. The second-order valence-corrected chi connectivity index (χ2v) is 12.3. The summed E-state index contributed by atoms with van der Waals surface area (Å²) in [5.41, 5.74) is -11.5. The van der Waals surface area contributed by atoms with Crippen molar-refractivity contribution in [2.45, 2.75) is 49.0 Å². The van der Waals surface area contributed by atoms with E-state index < -0.39 is 79.0 Å². The number of hydrogen-bond donors (Lipinski definition) is 2. The van der Waals surface area contributed by atoms with Gasteiger partial charge in [-0.25, -0.2) is 0 Å². The van der Waals surface area contributed by atoms with E-state index in [0.717, 1.165) is 29.8 Å². The van der Waals surface area contributed by atoms with Crippen LogP contribution in [0.3, 0.4) is 0 Å². The number of pyridine rings is 1. The molecule has 0 aliphatic heterocycles. The van der Waals surface area contributed by atoms with Crippen LogP contribution in [-0.2, 0) is 26.3 Å². The number of alkyl halides is 15. The molecule has 3 nitrogen and oxygen atoms in total. The van der Waals surface area contributed by atoms with Crippen molar-refractivity contribution >= 4 is 13.2 Å². The predicted molar refractivity (Wildman–Crippen MR) is 136 cm³/mol. The molecule has 1 aromatic heterocycles. The molecular formula is C27H20F16IrNO2P. The van der Waals surface area contributed by atoms with Crippen LogP contribution in [0.4, 0.5) is 70.2 Å². The van der Waals surface area contributed by atoms with E-state index in [1.807, 2.05) is 6.07 Å². The third kappa shape index (κ3) is 10.0. The van der Waals surface area contributed by atoms with E-state index in [2.05, 4.69) is 4.98 Å². The number of nitrogens with zero attached hydrogens (tertiary/aromatic N) is 1. The van der Waals surface area contributed by atoms with E-state index in [0.29, 0.717) is 18.2 Å². The van der Waals surface area contributed by atoms with Gasteiger partial charge in [-0.05, 0) is 36.4 Å². The Morgan fingerprint density at radius 3 is 1.48 bits per heavy atom. The number of aryl methyl sites for hydroxylation is 1. The molecule has 0 saturated carbocycles. The molecule has 0 saturated heterocycles. The second kappa shape index (κ2) is 15.2. The molecule has 3 aromatic rings. The number of rotatable bonds is 6. The van der Waals surface area contributed by atoms with Gasteiger partial charge in [0.25, 0.3) is 11.2 Å². The van der Waals surface area contributed by atoms with E-state index >= 15 is 0 Å². The first-order valence-electron chi connectivity index (χ1n) is 12.4. The van der Waals surface area contributed by atoms with Crippen molar-refractivity contribution in [1.29, 1.82) is 0 Å². The molecule has 0 aliphatic carbocycles. The van der Waals surface area contributed by atoms with Crippen LogP contribution in [0.25, 0.3) is 11.3 Å².